The molecule has 0 radical (unpaired) electrons. The molecule has 0 aliphatic carbocycles. The van der Waals surface area contributed by atoms with Gasteiger partial charge in [-0.3, -0.25) is 0 Å². The number of benzene rings is 1. The van der Waals surface area contributed by atoms with Crippen LogP contribution < -0.4 is 10.0 Å². The smallest absolute Gasteiger partial charge is 0.338 e. The van der Waals surface area contributed by atoms with Gasteiger partial charge in [-0.05, 0) is 50.1 Å². The SMILES string of the molecule is COC(=O)c1ccc(S(=O)(=O)NCC2CCCN2)cc1C.Cl. The number of carbonyl (C=O) groups excluding carboxylic acids is 1. The first-order valence-electron chi connectivity index (χ1n) is 6.86. The van der Waals surface area contributed by atoms with E-state index in [0.717, 1.165) is 19.4 Å². The highest BCUT2D eigenvalue weighted by atomic mass is 35.5. The van der Waals surface area contributed by atoms with Crippen LogP contribution in [0.25, 0.3) is 0 Å². The number of nitrogens with one attached hydrogen (secondary N) is 2. The first-order chi connectivity index (χ1) is 9.94. The lowest BCUT2D eigenvalue weighted by Crippen LogP contribution is -2.37. The van der Waals surface area contributed by atoms with E-state index in [2.05, 4.69) is 14.8 Å². The van der Waals surface area contributed by atoms with E-state index in [1.165, 1.54) is 25.3 Å². The summed E-state index contributed by atoms with van der Waals surface area (Å²) in [5, 5.41) is 3.24. The van der Waals surface area contributed by atoms with Crippen LogP contribution in [0.1, 0.15) is 28.8 Å². The molecule has 2 rings (SSSR count). The average Bonchev–Trinajstić information content (AvgIpc) is 2.97. The summed E-state index contributed by atoms with van der Waals surface area (Å²) < 4.78 is 31.7. The Kier molecular flexibility index (Phi) is 6.80. The van der Waals surface area contributed by atoms with Gasteiger partial charge < -0.3 is 10.1 Å². The molecule has 1 aliphatic heterocycles. The maximum absolute atomic E-state index is 12.2. The zero-order valence-electron chi connectivity index (χ0n) is 12.6. The molecule has 0 amide bonds. The summed E-state index contributed by atoms with van der Waals surface area (Å²) >= 11 is 0. The van der Waals surface area contributed by atoms with E-state index < -0.39 is 16.0 Å². The second-order valence-electron chi connectivity index (χ2n) is 5.11. The highest BCUT2D eigenvalue weighted by Crippen LogP contribution is 2.16. The molecule has 124 valence electrons. The standard InChI is InChI=1S/C14H20N2O4S.ClH/c1-10-8-12(5-6-13(10)14(17)20-2)21(18,19)16-9-11-4-3-7-15-11;/h5-6,8,11,15-16H,3-4,7,9H2,1-2H3;1H. The number of esters is 1. The lowest BCUT2D eigenvalue weighted by molar-refractivity contribution is 0.0600. The van der Waals surface area contributed by atoms with Gasteiger partial charge in [-0.15, -0.1) is 12.4 Å². The Labute approximate surface area is 137 Å². The molecule has 2 N–H and O–H groups in total. The summed E-state index contributed by atoms with van der Waals surface area (Å²) in [5.74, 6) is -0.473. The maximum Gasteiger partial charge on any atom is 0.338 e. The maximum atomic E-state index is 12.2. The molecule has 1 aliphatic rings. The van der Waals surface area contributed by atoms with E-state index in [-0.39, 0.29) is 23.3 Å². The monoisotopic (exact) mass is 348 g/mol. The van der Waals surface area contributed by atoms with Crippen molar-refractivity contribution >= 4 is 28.4 Å². The molecule has 0 spiro atoms. The summed E-state index contributed by atoms with van der Waals surface area (Å²) in [6.07, 6.45) is 2.04. The van der Waals surface area contributed by atoms with Crippen LogP contribution in [0.5, 0.6) is 0 Å². The van der Waals surface area contributed by atoms with Crippen LogP contribution in [-0.2, 0) is 14.8 Å². The zero-order chi connectivity index (χ0) is 15.5. The predicted octanol–water partition coefficient (Wildman–Crippen LogP) is 1.23. The Morgan fingerprint density at radius 3 is 2.73 bits per heavy atom. The van der Waals surface area contributed by atoms with E-state index in [4.69, 9.17) is 0 Å². The molecule has 8 heteroatoms. The quantitative estimate of drug-likeness (QED) is 0.782. The number of sulfonamides is 1. The van der Waals surface area contributed by atoms with Gasteiger partial charge in [0.2, 0.25) is 10.0 Å². The predicted molar refractivity (Wildman–Crippen MR) is 86.0 cm³/mol. The summed E-state index contributed by atoms with van der Waals surface area (Å²) in [6.45, 7) is 2.99. The number of hydrogen-bond acceptors (Lipinski definition) is 5. The summed E-state index contributed by atoms with van der Waals surface area (Å²) in [6, 6.07) is 4.57. The molecule has 1 saturated heterocycles. The molecule has 1 heterocycles. The van der Waals surface area contributed by atoms with Crippen molar-refractivity contribution in [2.24, 2.45) is 0 Å². The number of ether oxygens (including phenoxy) is 1. The topological polar surface area (TPSA) is 84.5 Å². The second-order valence-corrected chi connectivity index (χ2v) is 6.88. The largest absolute Gasteiger partial charge is 0.465 e. The Hall–Kier alpha value is -1.15. The van der Waals surface area contributed by atoms with Gasteiger partial charge in [0.15, 0.2) is 0 Å². The van der Waals surface area contributed by atoms with Gasteiger partial charge in [0.05, 0.1) is 17.6 Å². The third-order valence-electron chi connectivity index (χ3n) is 3.60. The van der Waals surface area contributed by atoms with Crippen LogP contribution in [-0.4, -0.2) is 40.6 Å². The normalized spacial score (nSPS) is 17.8. The third-order valence-corrected chi connectivity index (χ3v) is 5.02. The lowest BCUT2D eigenvalue weighted by atomic mass is 10.1. The molecule has 22 heavy (non-hydrogen) atoms. The fourth-order valence-corrected chi connectivity index (χ4v) is 3.53. The van der Waals surface area contributed by atoms with Crippen molar-refractivity contribution < 1.29 is 17.9 Å². The van der Waals surface area contributed by atoms with Crippen molar-refractivity contribution in [1.29, 1.82) is 0 Å². The molecule has 1 fully saturated rings. The first-order valence-corrected chi connectivity index (χ1v) is 8.34. The van der Waals surface area contributed by atoms with Gasteiger partial charge in [-0.25, -0.2) is 17.9 Å². The molecule has 0 bridgehead atoms. The second kappa shape index (κ2) is 7.92. The van der Waals surface area contributed by atoms with Crippen LogP contribution >= 0.6 is 12.4 Å². The number of hydrogen-bond donors (Lipinski definition) is 2. The first kappa shape index (κ1) is 18.9. The fourth-order valence-electron chi connectivity index (χ4n) is 2.37. The third kappa shape index (κ3) is 4.42. The van der Waals surface area contributed by atoms with Crippen molar-refractivity contribution in [3.63, 3.8) is 0 Å². The molecule has 1 atom stereocenters. The zero-order valence-corrected chi connectivity index (χ0v) is 14.2. The van der Waals surface area contributed by atoms with Crippen molar-refractivity contribution in [3.8, 4) is 0 Å². The van der Waals surface area contributed by atoms with Crippen molar-refractivity contribution in [1.82, 2.24) is 10.0 Å². The minimum Gasteiger partial charge on any atom is -0.465 e. The van der Waals surface area contributed by atoms with E-state index in [1.54, 1.807) is 6.92 Å². The van der Waals surface area contributed by atoms with Crippen molar-refractivity contribution in [2.45, 2.75) is 30.7 Å². The average molecular weight is 349 g/mol. The van der Waals surface area contributed by atoms with E-state index in [1.807, 2.05) is 0 Å². The Morgan fingerprint density at radius 1 is 1.45 bits per heavy atom. The van der Waals surface area contributed by atoms with Gasteiger partial charge in [-0.2, -0.15) is 0 Å². The molecule has 0 aromatic heterocycles. The fraction of sp³-hybridized carbons (Fsp3) is 0.500. The molecule has 6 nitrogen and oxygen atoms in total. The van der Waals surface area contributed by atoms with Crippen molar-refractivity contribution in [2.75, 3.05) is 20.2 Å². The van der Waals surface area contributed by atoms with Crippen LogP contribution in [0, 0.1) is 6.92 Å². The highest BCUT2D eigenvalue weighted by molar-refractivity contribution is 7.89. The van der Waals surface area contributed by atoms with Gasteiger partial charge in [0.25, 0.3) is 0 Å². The molecule has 0 saturated carbocycles. The Bertz CT molecular complexity index is 628. The number of aryl methyl sites for hydroxylation is 1. The Balaban J connectivity index is 0.00000242. The molecule has 1 unspecified atom stereocenters. The summed E-state index contributed by atoms with van der Waals surface area (Å²) in [4.78, 5) is 11.7. The number of methoxy groups -OCH3 is 1. The highest BCUT2D eigenvalue weighted by Gasteiger charge is 2.20. The van der Waals surface area contributed by atoms with Crippen LogP contribution in [0.4, 0.5) is 0 Å². The summed E-state index contributed by atoms with van der Waals surface area (Å²) in [5.41, 5.74) is 0.942. The van der Waals surface area contributed by atoms with Crippen LogP contribution in [0.3, 0.4) is 0 Å². The van der Waals surface area contributed by atoms with Gasteiger partial charge in [0.1, 0.15) is 0 Å². The minimum atomic E-state index is -3.56. The minimum absolute atomic E-state index is 0. The van der Waals surface area contributed by atoms with Crippen LogP contribution in [0.2, 0.25) is 0 Å². The van der Waals surface area contributed by atoms with Crippen molar-refractivity contribution in [3.05, 3.63) is 29.3 Å². The number of rotatable bonds is 5. The molecule has 1 aromatic rings. The van der Waals surface area contributed by atoms with Gasteiger partial charge >= 0.3 is 5.97 Å². The van der Waals surface area contributed by atoms with E-state index in [0.29, 0.717) is 17.7 Å². The number of carbonyl (C=O) groups is 1. The Morgan fingerprint density at radius 2 is 2.18 bits per heavy atom. The molecule has 1 aromatic carbocycles. The summed E-state index contributed by atoms with van der Waals surface area (Å²) in [7, 11) is -2.27. The lowest BCUT2D eigenvalue weighted by Gasteiger charge is -2.13. The van der Waals surface area contributed by atoms with Gasteiger partial charge in [-0.1, -0.05) is 0 Å². The molecular formula is C14H21ClN2O4S. The number of halogens is 1. The van der Waals surface area contributed by atoms with Gasteiger partial charge in [0, 0.05) is 12.6 Å². The van der Waals surface area contributed by atoms with E-state index in [9.17, 15) is 13.2 Å². The van der Waals surface area contributed by atoms with Crippen LogP contribution in [0.15, 0.2) is 23.1 Å². The van der Waals surface area contributed by atoms with E-state index >= 15 is 0 Å². The molecular weight excluding hydrogens is 328 g/mol.